The zero-order valence-electron chi connectivity index (χ0n) is 14.3. The Morgan fingerprint density at radius 2 is 2.14 bits per heavy atom. The molecule has 0 aliphatic carbocycles. The van der Waals surface area contributed by atoms with E-state index < -0.39 is 0 Å². The first-order valence-electron chi connectivity index (χ1n) is 8.20. The molecule has 2 aliphatic rings. The standard InChI is InChI=1S/C17H31N3O/c1-6-18-15(20-13-16(2,3)17(20,4)5)19-10-7-14-8-11-21-12-9-14/h8H,6-7,9-13H2,1-5H3,(H,18,19). The lowest BCUT2D eigenvalue weighted by atomic mass is 9.65. The largest absolute Gasteiger partial charge is 0.377 e. The number of nitrogens with one attached hydrogen (secondary N) is 1. The number of nitrogens with zero attached hydrogens (tertiary/aromatic N) is 2. The fraction of sp³-hybridized carbons (Fsp3) is 0.824. The van der Waals surface area contributed by atoms with Gasteiger partial charge in [-0.25, -0.2) is 0 Å². The van der Waals surface area contributed by atoms with E-state index in [2.05, 4.69) is 50.9 Å². The summed E-state index contributed by atoms with van der Waals surface area (Å²) in [6.45, 7) is 15.9. The van der Waals surface area contributed by atoms with Gasteiger partial charge in [-0.1, -0.05) is 25.5 Å². The van der Waals surface area contributed by atoms with Gasteiger partial charge in [0.05, 0.1) is 13.2 Å². The molecule has 4 heteroatoms. The molecule has 120 valence electrons. The quantitative estimate of drug-likeness (QED) is 0.492. The molecule has 0 aromatic rings. The van der Waals surface area contributed by atoms with Crippen LogP contribution in [0.15, 0.2) is 16.6 Å². The SMILES string of the molecule is CCNC(=NCCC1=CCOCC1)N1CC(C)(C)C1(C)C. The first kappa shape index (κ1) is 16.3. The molecule has 0 bridgehead atoms. The van der Waals surface area contributed by atoms with Crippen LogP contribution >= 0.6 is 0 Å². The maximum Gasteiger partial charge on any atom is 0.194 e. The van der Waals surface area contributed by atoms with E-state index in [4.69, 9.17) is 9.73 Å². The molecule has 1 fully saturated rings. The van der Waals surface area contributed by atoms with Gasteiger partial charge in [-0.3, -0.25) is 4.99 Å². The van der Waals surface area contributed by atoms with Gasteiger partial charge in [-0.15, -0.1) is 0 Å². The van der Waals surface area contributed by atoms with E-state index in [0.29, 0.717) is 5.41 Å². The van der Waals surface area contributed by atoms with Gasteiger partial charge in [0.1, 0.15) is 0 Å². The average Bonchev–Trinajstić information content (AvgIpc) is 2.45. The molecule has 2 rings (SSSR count). The van der Waals surface area contributed by atoms with Crippen LogP contribution in [0.25, 0.3) is 0 Å². The number of likely N-dealkylation sites (tertiary alicyclic amines) is 1. The third-order valence-corrected chi connectivity index (χ3v) is 5.23. The highest BCUT2D eigenvalue weighted by Gasteiger charge is 2.53. The number of ether oxygens (including phenoxy) is 1. The van der Waals surface area contributed by atoms with Crippen molar-refractivity contribution in [2.24, 2.45) is 10.4 Å². The first-order chi connectivity index (χ1) is 9.88. The summed E-state index contributed by atoms with van der Waals surface area (Å²) >= 11 is 0. The number of hydrogen-bond acceptors (Lipinski definition) is 2. The maximum absolute atomic E-state index is 5.35. The van der Waals surface area contributed by atoms with Crippen LogP contribution in [0.4, 0.5) is 0 Å². The molecule has 0 spiro atoms. The Balaban J connectivity index is 1.95. The van der Waals surface area contributed by atoms with E-state index in [-0.39, 0.29) is 5.54 Å². The number of guanidine groups is 1. The third kappa shape index (κ3) is 3.42. The van der Waals surface area contributed by atoms with E-state index in [1.54, 1.807) is 0 Å². The molecule has 1 saturated heterocycles. The zero-order chi connectivity index (χ0) is 15.5. The molecule has 0 aromatic carbocycles. The molecule has 2 heterocycles. The number of hydrogen-bond donors (Lipinski definition) is 1. The predicted molar refractivity (Wildman–Crippen MR) is 88.7 cm³/mol. The van der Waals surface area contributed by atoms with E-state index in [1.807, 2.05) is 0 Å². The van der Waals surface area contributed by atoms with Gasteiger partial charge in [-0.2, -0.15) is 0 Å². The fourth-order valence-corrected chi connectivity index (χ4v) is 2.89. The van der Waals surface area contributed by atoms with Crippen molar-refractivity contribution in [3.63, 3.8) is 0 Å². The van der Waals surface area contributed by atoms with Crippen molar-refractivity contribution in [1.29, 1.82) is 0 Å². The minimum atomic E-state index is 0.159. The van der Waals surface area contributed by atoms with Crippen LogP contribution in [-0.4, -0.2) is 49.2 Å². The van der Waals surface area contributed by atoms with Crippen LogP contribution in [-0.2, 0) is 4.74 Å². The molecule has 0 unspecified atom stereocenters. The Morgan fingerprint density at radius 3 is 2.67 bits per heavy atom. The van der Waals surface area contributed by atoms with Crippen LogP contribution in [0.5, 0.6) is 0 Å². The highest BCUT2D eigenvalue weighted by atomic mass is 16.5. The van der Waals surface area contributed by atoms with Gasteiger partial charge in [0.15, 0.2) is 5.96 Å². The zero-order valence-corrected chi connectivity index (χ0v) is 14.3. The Kier molecular flexibility index (Phi) is 4.97. The first-order valence-corrected chi connectivity index (χ1v) is 8.20. The Morgan fingerprint density at radius 1 is 1.38 bits per heavy atom. The summed E-state index contributed by atoms with van der Waals surface area (Å²) in [5, 5.41) is 3.45. The molecule has 0 amide bonds. The lowest BCUT2D eigenvalue weighted by Crippen LogP contribution is -2.72. The number of rotatable bonds is 4. The summed E-state index contributed by atoms with van der Waals surface area (Å²) < 4.78 is 5.35. The second kappa shape index (κ2) is 6.39. The summed E-state index contributed by atoms with van der Waals surface area (Å²) in [7, 11) is 0. The minimum absolute atomic E-state index is 0.159. The molecule has 2 aliphatic heterocycles. The molecule has 0 radical (unpaired) electrons. The average molecular weight is 293 g/mol. The van der Waals surface area contributed by atoms with Crippen molar-refractivity contribution in [2.45, 2.75) is 53.0 Å². The van der Waals surface area contributed by atoms with Gasteiger partial charge in [0, 0.05) is 30.6 Å². The van der Waals surface area contributed by atoms with Gasteiger partial charge >= 0.3 is 0 Å². The highest BCUT2D eigenvalue weighted by Crippen LogP contribution is 2.46. The third-order valence-electron chi connectivity index (χ3n) is 5.23. The maximum atomic E-state index is 5.35. The predicted octanol–water partition coefficient (Wildman–Crippen LogP) is 2.81. The van der Waals surface area contributed by atoms with Crippen LogP contribution in [0.2, 0.25) is 0 Å². The van der Waals surface area contributed by atoms with E-state index in [1.165, 1.54) is 5.57 Å². The topological polar surface area (TPSA) is 36.9 Å². The van der Waals surface area contributed by atoms with Crippen LogP contribution in [0.3, 0.4) is 0 Å². The summed E-state index contributed by atoms with van der Waals surface area (Å²) in [6.07, 6.45) is 4.33. The summed E-state index contributed by atoms with van der Waals surface area (Å²) in [5.41, 5.74) is 1.99. The van der Waals surface area contributed by atoms with Gasteiger partial charge in [-0.05, 0) is 33.6 Å². The van der Waals surface area contributed by atoms with Crippen molar-refractivity contribution < 1.29 is 4.74 Å². The lowest BCUT2D eigenvalue weighted by molar-refractivity contribution is -0.0667. The Labute approximate surface area is 129 Å². The van der Waals surface area contributed by atoms with Crippen LogP contribution < -0.4 is 5.32 Å². The molecule has 21 heavy (non-hydrogen) atoms. The summed E-state index contributed by atoms with van der Waals surface area (Å²) in [6, 6.07) is 0. The normalized spacial score (nSPS) is 24.3. The van der Waals surface area contributed by atoms with Gasteiger partial charge in [0.25, 0.3) is 0 Å². The molecular formula is C17H31N3O. The van der Waals surface area contributed by atoms with Crippen molar-refractivity contribution in [1.82, 2.24) is 10.2 Å². The van der Waals surface area contributed by atoms with Gasteiger partial charge in [0.2, 0.25) is 0 Å². The molecule has 4 nitrogen and oxygen atoms in total. The van der Waals surface area contributed by atoms with E-state index >= 15 is 0 Å². The van der Waals surface area contributed by atoms with Crippen molar-refractivity contribution in [3.05, 3.63) is 11.6 Å². The van der Waals surface area contributed by atoms with Crippen molar-refractivity contribution in [2.75, 3.05) is 32.8 Å². The minimum Gasteiger partial charge on any atom is -0.377 e. The molecule has 0 saturated carbocycles. The monoisotopic (exact) mass is 293 g/mol. The lowest BCUT2D eigenvalue weighted by Gasteiger charge is -2.62. The Bertz CT molecular complexity index is 424. The fourth-order valence-electron chi connectivity index (χ4n) is 2.89. The highest BCUT2D eigenvalue weighted by molar-refractivity contribution is 5.82. The Hall–Kier alpha value is -1.03. The van der Waals surface area contributed by atoms with Gasteiger partial charge < -0.3 is 15.0 Å². The van der Waals surface area contributed by atoms with Crippen LogP contribution in [0.1, 0.15) is 47.5 Å². The van der Waals surface area contributed by atoms with Crippen LogP contribution in [0, 0.1) is 5.41 Å². The smallest absolute Gasteiger partial charge is 0.194 e. The second-order valence-electron chi connectivity index (χ2n) is 7.20. The summed E-state index contributed by atoms with van der Waals surface area (Å²) in [4.78, 5) is 7.25. The second-order valence-corrected chi connectivity index (χ2v) is 7.20. The number of aliphatic imine (C=N–C) groups is 1. The molecule has 1 N–H and O–H groups in total. The molecule has 0 atom stereocenters. The molecule has 0 aromatic heterocycles. The van der Waals surface area contributed by atoms with E-state index in [0.717, 1.165) is 51.6 Å². The van der Waals surface area contributed by atoms with E-state index in [9.17, 15) is 0 Å². The van der Waals surface area contributed by atoms with Crippen molar-refractivity contribution in [3.8, 4) is 0 Å². The molecular weight excluding hydrogens is 262 g/mol. The summed E-state index contributed by atoms with van der Waals surface area (Å²) in [5.74, 6) is 1.06. The van der Waals surface area contributed by atoms with Crippen molar-refractivity contribution >= 4 is 5.96 Å².